The van der Waals surface area contributed by atoms with Crippen molar-refractivity contribution >= 4 is 5.82 Å². The van der Waals surface area contributed by atoms with Crippen LogP contribution in [0, 0.1) is 0 Å². The van der Waals surface area contributed by atoms with Crippen LogP contribution in [0.2, 0.25) is 0 Å². The largest absolute Gasteiger partial charge is 0.375 e. The van der Waals surface area contributed by atoms with Crippen LogP contribution in [0.25, 0.3) is 0 Å². The Morgan fingerprint density at radius 1 is 1.50 bits per heavy atom. The number of rotatable bonds is 5. The average molecular weight is 277 g/mol. The Hall–Kier alpha value is -1.13. The van der Waals surface area contributed by atoms with Gasteiger partial charge in [-0.05, 0) is 44.5 Å². The van der Waals surface area contributed by atoms with E-state index in [0.29, 0.717) is 12.1 Å². The molecule has 0 spiro atoms. The van der Waals surface area contributed by atoms with Crippen LogP contribution in [-0.2, 0) is 4.74 Å². The maximum Gasteiger partial charge on any atom is 0.129 e. The minimum absolute atomic E-state index is 0.273. The first-order valence-electron chi connectivity index (χ1n) is 7.73. The molecule has 20 heavy (non-hydrogen) atoms. The molecule has 0 aliphatic carbocycles. The third-order valence-electron chi connectivity index (χ3n) is 4.01. The molecule has 3 atom stereocenters. The van der Waals surface area contributed by atoms with Gasteiger partial charge >= 0.3 is 0 Å². The molecule has 0 saturated carbocycles. The zero-order valence-corrected chi connectivity index (χ0v) is 13.1. The summed E-state index contributed by atoms with van der Waals surface area (Å²) in [5.41, 5.74) is 1.30. The molecule has 2 rings (SSSR count). The summed E-state index contributed by atoms with van der Waals surface area (Å²) in [4.78, 5) is 6.98. The van der Waals surface area contributed by atoms with E-state index in [9.17, 15) is 0 Å². The molecule has 1 aromatic rings. The number of hydrogen-bond acceptors (Lipinski definition) is 4. The molecule has 0 amide bonds. The topological polar surface area (TPSA) is 37.4 Å². The number of ether oxygens (including phenoxy) is 1. The van der Waals surface area contributed by atoms with Crippen LogP contribution in [0.4, 0.5) is 5.82 Å². The van der Waals surface area contributed by atoms with Gasteiger partial charge in [0.25, 0.3) is 0 Å². The lowest BCUT2D eigenvalue weighted by Crippen LogP contribution is -2.49. The fourth-order valence-corrected chi connectivity index (χ4v) is 2.75. The average Bonchev–Trinajstić information content (AvgIpc) is 2.47. The number of nitrogens with zero attached hydrogens (tertiary/aromatic N) is 2. The molecule has 4 heteroatoms. The van der Waals surface area contributed by atoms with E-state index in [1.807, 2.05) is 6.20 Å². The monoisotopic (exact) mass is 277 g/mol. The molecule has 2 heterocycles. The Labute approximate surface area is 122 Å². The van der Waals surface area contributed by atoms with Gasteiger partial charge in [0.05, 0.1) is 18.8 Å². The molecule has 1 aliphatic heterocycles. The van der Waals surface area contributed by atoms with Crippen LogP contribution in [0.3, 0.4) is 0 Å². The van der Waals surface area contributed by atoms with Crippen molar-refractivity contribution in [1.29, 1.82) is 0 Å². The predicted octanol–water partition coefficient (Wildman–Crippen LogP) is 2.76. The first-order valence-corrected chi connectivity index (χ1v) is 7.73. The van der Waals surface area contributed by atoms with Crippen LogP contribution in [-0.4, -0.2) is 36.8 Å². The maximum atomic E-state index is 5.77. The third-order valence-corrected chi connectivity index (χ3v) is 4.01. The van der Waals surface area contributed by atoms with E-state index in [-0.39, 0.29) is 6.10 Å². The number of aromatic nitrogens is 1. The van der Waals surface area contributed by atoms with E-state index < -0.39 is 0 Å². The second-order valence-electron chi connectivity index (χ2n) is 5.59. The van der Waals surface area contributed by atoms with Gasteiger partial charge in [-0.1, -0.05) is 13.8 Å². The highest BCUT2D eigenvalue weighted by molar-refractivity contribution is 5.43. The smallest absolute Gasteiger partial charge is 0.129 e. The summed E-state index contributed by atoms with van der Waals surface area (Å²) >= 11 is 0. The maximum absolute atomic E-state index is 5.77. The lowest BCUT2D eigenvalue weighted by atomic mass is 10.1. The van der Waals surface area contributed by atoms with E-state index in [2.05, 4.69) is 55.0 Å². The molecule has 112 valence electrons. The van der Waals surface area contributed by atoms with E-state index in [4.69, 9.17) is 4.74 Å². The van der Waals surface area contributed by atoms with Crippen LogP contribution in [0.1, 0.15) is 45.7 Å². The highest BCUT2D eigenvalue weighted by atomic mass is 16.5. The van der Waals surface area contributed by atoms with Gasteiger partial charge in [-0.3, -0.25) is 0 Å². The summed E-state index contributed by atoms with van der Waals surface area (Å²) in [5.74, 6) is 1.08. The standard InChI is InChI=1S/C16H27N3O/c1-5-15-11-20-12(3)10-19(15)16-9-14(7-8-18-16)13(4)17-6-2/h7-9,12-13,15,17H,5-6,10-11H2,1-4H3. The van der Waals surface area contributed by atoms with Gasteiger partial charge in [-0.15, -0.1) is 0 Å². The summed E-state index contributed by atoms with van der Waals surface area (Å²) in [6.07, 6.45) is 3.28. The van der Waals surface area contributed by atoms with Crippen LogP contribution >= 0.6 is 0 Å². The first-order chi connectivity index (χ1) is 9.65. The van der Waals surface area contributed by atoms with Gasteiger partial charge in [0.2, 0.25) is 0 Å². The molecule has 1 N–H and O–H groups in total. The first kappa shape index (κ1) is 15.3. The summed E-state index contributed by atoms with van der Waals surface area (Å²) in [6, 6.07) is 5.11. The van der Waals surface area contributed by atoms with Crippen molar-refractivity contribution < 1.29 is 4.74 Å². The van der Waals surface area contributed by atoms with Crippen molar-refractivity contribution in [3.05, 3.63) is 23.9 Å². The van der Waals surface area contributed by atoms with Crippen molar-refractivity contribution in [2.75, 3.05) is 24.6 Å². The highest BCUT2D eigenvalue weighted by Crippen LogP contribution is 2.24. The van der Waals surface area contributed by atoms with Gasteiger partial charge in [0, 0.05) is 18.8 Å². The molecule has 4 nitrogen and oxygen atoms in total. The lowest BCUT2D eigenvalue weighted by molar-refractivity contribution is 0.0296. The molecule has 3 unspecified atom stereocenters. The van der Waals surface area contributed by atoms with E-state index in [1.54, 1.807) is 0 Å². The Kier molecular flexibility index (Phi) is 5.38. The van der Waals surface area contributed by atoms with Crippen LogP contribution < -0.4 is 10.2 Å². The number of hydrogen-bond donors (Lipinski definition) is 1. The molecule has 1 fully saturated rings. The molecular weight excluding hydrogens is 250 g/mol. The fraction of sp³-hybridized carbons (Fsp3) is 0.688. The Morgan fingerprint density at radius 2 is 2.30 bits per heavy atom. The van der Waals surface area contributed by atoms with Gasteiger partial charge in [-0.25, -0.2) is 4.98 Å². The number of anilines is 1. The quantitative estimate of drug-likeness (QED) is 0.898. The normalized spacial score (nSPS) is 24.7. The summed E-state index contributed by atoms with van der Waals surface area (Å²) < 4.78 is 5.77. The van der Waals surface area contributed by atoms with Gasteiger partial charge in [-0.2, -0.15) is 0 Å². The summed E-state index contributed by atoms with van der Waals surface area (Å²) in [7, 11) is 0. The van der Waals surface area contributed by atoms with Crippen molar-refractivity contribution in [2.24, 2.45) is 0 Å². The zero-order chi connectivity index (χ0) is 14.5. The molecule has 1 aromatic heterocycles. The van der Waals surface area contributed by atoms with Crippen molar-refractivity contribution in [1.82, 2.24) is 10.3 Å². The second-order valence-corrected chi connectivity index (χ2v) is 5.59. The molecule has 1 aliphatic rings. The van der Waals surface area contributed by atoms with Gasteiger partial charge < -0.3 is 15.0 Å². The van der Waals surface area contributed by atoms with Crippen molar-refractivity contribution in [3.8, 4) is 0 Å². The summed E-state index contributed by atoms with van der Waals surface area (Å²) in [5, 5.41) is 3.45. The second kappa shape index (κ2) is 7.04. The molecule has 0 bridgehead atoms. The minimum atomic E-state index is 0.273. The third kappa shape index (κ3) is 3.49. The van der Waals surface area contributed by atoms with Crippen LogP contribution in [0.15, 0.2) is 18.3 Å². The zero-order valence-electron chi connectivity index (χ0n) is 13.1. The SMILES string of the molecule is CCNC(C)c1ccnc(N2CC(C)OCC2CC)c1. The summed E-state index contributed by atoms with van der Waals surface area (Å²) in [6.45, 7) is 11.4. The number of nitrogens with one attached hydrogen (secondary N) is 1. The Bertz CT molecular complexity index is 424. The van der Waals surface area contributed by atoms with Crippen LogP contribution in [0.5, 0.6) is 0 Å². The number of pyridine rings is 1. The molecule has 0 radical (unpaired) electrons. The minimum Gasteiger partial charge on any atom is -0.375 e. The predicted molar refractivity (Wildman–Crippen MR) is 83.2 cm³/mol. The Morgan fingerprint density at radius 3 is 3.00 bits per heavy atom. The van der Waals surface area contributed by atoms with Gasteiger partial charge in [0.1, 0.15) is 5.82 Å². The van der Waals surface area contributed by atoms with E-state index in [0.717, 1.165) is 31.9 Å². The molecular formula is C16H27N3O. The highest BCUT2D eigenvalue weighted by Gasteiger charge is 2.26. The van der Waals surface area contributed by atoms with E-state index >= 15 is 0 Å². The lowest BCUT2D eigenvalue weighted by Gasteiger charge is -2.39. The molecule has 1 saturated heterocycles. The van der Waals surface area contributed by atoms with Crippen molar-refractivity contribution in [2.45, 2.75) is 52.3 Å². The Balaban J connectivity index is 2.20. The van der Waals surface area contributed by atoms with Gasteiger partial charge in [0.15, 0.2) is 0 Å². The number of morpholine rings is 1. The van der Waals surface area contributed by atoms with Crippen molar-refractivity contribution in [3.63, 3.8) is 0 Å². The molecule has 0 aromatic carbocycles. The van der Waals surface area contributed by atoms with E-state index in [1.165, 1.54) is 5.56 Å². The fourth-order valence-electron chi connectivity index (χ4n) is 2.75.